The smallest absolute Gasteiger partial charge is 0.338 e. The highest BCUT2D eigenvalue weighted by molar-refractivity contribution is 5.88. The average Bonchev–Trinajstić information content (AvgIpc) is 2.46. The highest BCUT2D eigenvalue weighted by Crippen LogP contribution is 2.20. The van der Waals surface area contributed by atoms with Crippen molar-refractivity contribution < 1.29 is 19.0 Å². The Morgan fingerprint density at radius 3 is 2.85 bits per heavy atom. The standard InChI is InChI=1S/C14H13FN2O3/c1-20-11-5-3-2-4-9(11)8-17-13-12(15)10(14(18)19)6-7-16-13/h2-7H,8H2,1H3,(H,16,17)(H,18,19). The van der Waals surface area contributed by atoms with Gasteiger partial charge in [0.15, 0.2) is 11.6 Å². The van der Waals surface area contributed by atoms with Crippen LogP contribution < -0.4 is 10.1 Å². The Bertz CT molecular complexity index is 632. The molecule has 6 heteroatoms. The summed E-state index contributed by atoms with van der Waals surface area (Å²) in [5, 5.41) is 11.6. The maximum atomic E-state index is 13.9. The van der Waals surface area contributed by atoms with Gasteiger partial charge in [-0.2, -0.15) is 0 Å². The Morgan fingerprint density at radius 2 is 2.15 bits per heavy atom. The first-order valence-electron chi connectivity index (χ1n) is 5.87. The minimum Gasteiger partial charge on any atom is -0.496 e. The number of rotatable bonds is 5. The molecule has 0 amide bonds. The molecule has 5 nitrogen and oxygen atoms in total. The molecule has 0 aliphatic rings. The van der Waals surface area contributed by atoms with E-state index in [0.717, 1.165) is 11.6 Å². The predicted octanol–water partition coefficient (Wildman–Crippen LogP) is 2.54. The van der Waals surface area contributed by atoms with Crippen LogP contribution in [0.1, 0.15) is 15.9 Å². The number of hydrogen-bond acceptors (Lipinski definition) is 4. The van der Waals surface area contributed by atoms with Crippen LogP contribution in [-0.2, 0) is 6.54 Å². The summed E-state index contributed by atoms with van der Waals surface area (Å²) in [5.41, 5.74) is 0.402. The second-order valence-corrected chi connectivity index (χ2v) is 3.99. The van der Waals surface area contributed by atoms with Gasteiger partial charge in [-0.1, -0.05) is 18.2 Å². The summed E-state index contributed by atoms with van der Waals surface area (Å²) in [6.07, 6.45) is 1.25. The van der Waals surface area contributed by atoms with E-state index in [1.54, 1.807) is 13.2 Å². The van der Waals surface area contributed by atoms with Crippen LogP contribution in [0.4, 0.5) is 10.2 Å². The van der Waals surface area contributed by atoms with Crippen molar-refractivity contribution in [1.29, 1.82) is 0 Å². The third-order valence-corrected chi connectivity index (χ3v) is 2.76. The van der Waals surface area contributed by atoms with Crippen LogP contribution in [0.25, 0.3) is 0 Å². The van der Waals surface area contributed by atoms with Crippen LogP contribution in [-0.4, -0.2) is 23.2 Å². The number of para-hydroxylation sites is 1. The number of nitrogens with zero attached hydrogens (tertiary/aromatic N) is 1. The van der Waals surface area contributed by atoms with Gasteiger partial charge < -0.3 is 15.2 Å². The lowest BCUT2D eigenvalue weighted by atomic mass is 10.2. The quantitative estimate of drug-likeness (QED) is 0.878. The Balaban J connectivity index is 2.19. The van der Waals surface area contributed by atoms with Gasteiger partial charge >= 0.3 is 5.97 Å². The SMILES string of the molecule is COc1ccccc1CNc1nccc(C(=O)O)c1F. The molecule has 0 bridgehead atoms. The summed E-state index contributed by atoms with van der Waals surface area (Å²) >= 11 is 0. The fourth-order valence-electron chi connectivity index (χ4n) is 1.76. The molecule has 104 valence electrons. The summed E-state index contributed by atoms with van der Waals surface area (Å²) in [5.74, 6) is -1.65. The molecule has 0 fully saturated rings. The van der Waals surface area contributed by atoms with Crippen molar-refractivity contribution in [1.82, 2.24) is 4.98 Å². The van der Waals surface area contributed by atoms with E-state index in [-0.39, 0.29) is 12.4 Å². The molecule has 0 radical (unpaired) electrons. The van der Waals surface area contributed by atoms with E-state index in [1.807, 2.05) is 18.2 Å². The maximum absolute atomic E-state index is 13.9. The van der Waals surface area contributed by atoms with Crippen molar-refractivity contribution in [2.24, 2.45) is 0 Å². The van der Waals surface area contributed by atoms with E-state index in [9.17, 15) is 9.18 Å². The lowest BCUT2D eigenvalue weighted by Gasteiger charge is -2.11. The Hall–Kier alpha value is -2.63. The molecule has 0 spiro atoms. The molecule has 1 aromatic heterocycles. The normalized spacial score (nSPS) is 10.1. The molecule has 0 aliphatic carbocycles. The summed E-state index contributed by atoms with van der Waals surface area (Å²) in [4.78, 5) is 14.6. The largest absolute Gasteiger partial charge is 0.496 e. The number of aromatic carboxylic acids is 1. The van der Waals surface area contributed by atoms with Crippen LogP contribution in [0.2, 0.25) is 0 Å². The number of ether oxygens (including phenoxy) is 1. The van der Waals surface area contributed by atoms with E-state index in [1.165, 1.54) is 6.20 Å². The molecule has 0 atom stereocenters. The van der Waals surface area contributed by atoms with Crippen molar-refractivity contribution in [3.05, 3.63) is 53.5 Å². The number of halogens is 1. The summed E-state index contributed by atoms with van der Waals surface area (Å²) in [6, 6.07) is 8.38. The van der Waals surface area contributed by atoms with Gasteiger partial charge in [0.2, 0.25) is 0 Å². The van der Waals surface area contributed by atoms with Crippen molar-refractivity contribution in [3.63, 3.8) is 0 Å². The summed E-state index contributed by atoms with van der Waals surface area (Å²) < 4.78 is 19.0. The van der Waals surface area contributed by atoms with E-state index < -0.39 is 17.3 Å². The van der Waals surface area contributed by atoms with Gasteiger partial charge in [-0.3, -0.25) is 0 Å². The predicted molar refractivity (Wildman–Crippen MR) is 71.5 cm³/mol. The van der Waals surface area contributed by atoms with E-state index in [2.05, 4.69) is 10.3 Å². The number of benzene rings is 1. The first-order valence-corrected chi connectivity index (χ1v) is 5.87. The molecule has 2 aromatic rings. The number of methoxy groups -OCH3 is 1. The van der Waals surface area contributed by atoms with Crippen molar-refractivity contribution in [2.45, 2.75) is 6.54 Å². The molecule has 0 aliphatic heterocycles. The van der Waals surface area contributed by atoms with Gasteiger partial charge in [0, 0.05) is 18.3 Å². The number of anilines is 1. The van der Waals surface area contributed by atoms with Crippen molar-refractivity contribution in [2.75, 3.05) is 12.4 Å². The molecule has 0 unspecified atom stereocenters. The second kappa shape index (κ2) is 6.01. The van der Waals surface area contributed by atoms with Gasteiger partial charge in [-0.15, -0.1) is 0 Å². The van der Waals surface area contributed by atoms with Gasteiger partial charge in [0.05, 0.1) is 7.11 Å². The third-order valence-electron chi connectivity index (χ3n) is 2.76. The molecule has 1 heterocycles. The van der Waals surface area contributed by atoms with Crippen LogP contribution in [0.5, 0.6) is 5.75 Å². The fourth-order valence-corrected chi connectivity index (χ4v) is 1.76. The number of nitrogens with one attached hydrogen (secondary N) is 1. The third kappa shape index (κ3) is 2.85. The average molecular weight is 276 g/mol. The second-order valence-electron chi connectivity index (χ2n) is 3.99. The van der Waals surface area contributed by atoms with E-state index in [4.69, 9.17) is 9.84 Å². The van der Waals surface area contributed by atoms with E-state index in [0.29, 0.717) is 5.75 Å². The molecule has 1 aromatic carbocycles. The number of carboxylic acids is 1. The first-order chi connectivity index (χ1) is 9.63. The van der Waals surface area contributed by atoms with Gasteiger partial charge in [-0.05, 0) is 12.1 Å². The molecule has 0 saturated carbocycles. The monoisotopic (exact) mass is 276 g/mol. The summed E-state index contributed by atoms with van der Waals surface area (Å²) in [7, 11) is 1.54. The Labute approximate surface area is 115 Å². The molecule has 2 rings (SSSR count). The number of hydrogen-bond donors (Lipinski definition) is 2. The zero-order chi connectivity index (χ0) is 14.5. The Morgan fingerprint density at radius 1 is 1.40 bits per heavy atom. The topological polar surface area (TPSA) is 71.5 Å². The minimum absolute atomic E-state index is 0.101. The molecular weight excluding hydrogens is 263 g/mol. The molecular formula is C14H13FN2O3. The number of carboxylic acid groups (broad SMARTS) is 1. The van der Waals surface area contributed by atoms with Crippen molar-refractivity contribution >= 4 is 11.8 Å². The van der Waals surface area contributed by atoms with Crippen molar-refractivity contribution in [3.8, 4) is 5.75 Å². The number of carbonyl (C=O) groups is 1. The number of pyridine rings is 1. The highest BCUT2D eigenvalue weighted by atomic mass is 19.1. The maximum Gasteiger partial charge on any atom is 0.338 e. The lowest BCUT2D eigenvalue weighted by Crippen LogP contribution is -2.09. The minimum atomic E-state index is -1.33. The van der Waals surface area contributed by atoms with Crippen LogP contribution in [0.3, 0.4) is 0 Å². The van der Waals surface area contributed by atoms with Crippen LogP contribution in [0, 0.1) is 5.82 Å². The van der Waals surface area contributed by atoms with Crippen LogP contribution in [0.15, 0.2) is 36.5 Å². The molecule has 2 N–H and O–H groups in total. The highest BCUT2D eigenvalue weighted by Gasteiger charge is 2.15. The van der Waals surface area contributed by atoms with Gasteiger partial charge in [0.25, 0.3) is 0 Å². The molecule has 0 saturated heterocycles. The zero-order valence-electron chi connectivity index (χ0n) is 10.8. The number of aromatic nitrogens is 1. The fraction of sp³-hybridized carbons (Fsp3) is 0.143. The van der Waals surface area contributed by atoms with Gasteiger partial charge in [-0.25, -0.2) is 14.2 Å². The van der Waals surface area contributed by atoms with E-state index >= 15 is 0 Å². The zero-order valence-corrected chi connectivity index (χ0v) is 10.8. The first kappa shape index (κ1) is 13.8. The summed E-state index contributed by atoms with van der Waals surface area (Å²) in [6.45, 7) is 0.275. The lowest BCUT2D eigenvalue weighted by molar-refractivity contribution is 0.0692. The Kier molecular flexibility index (Phi) is 4.14. The van der Waals surface area contributed by atoms with Gasteiger partial charge in [0.1, 0.15) is 11.3 Å². The van der Waals surface area contributed by atoms with Crippen LogP contribution >= 0.6 is 0 Å². The molecule has 20 heavy (non-hydrogen) atoms.